The zero-order chi connectivity index (χ0) is 13.4. The fourth-order valence-electron chi connectivity index (χ4n) is 1.85. The largest absolute Gasteiger partial charge is 0.377 e. The summed E-state index contributed by atoms with van der Waals surface area (Å²) in [7, 11) is 0. The van der Waals surface area contributed by atoms with Gasteiger partial charge < -0.3 is 10.1 Å². The Kier molecular flexibility index (Phi) is 6.90. The van der Waals surface area contributed by atoms with E-state index in [0.717, 1.165) is 31.8 Å². The molecular formula is C13H26N4O. The molecule has 0 bridgehead atoms. The van der Waals surface area contributed by atoms with E-state index >= 15 is 0 Å². The monoisotopic (exact) mass is 254 g/mol. The van der Waals surface area contributed by atoms with Crippen molar-refractivity contribution in [2.75, 3.05) is 13.2 Å². The minimum Gasteiger partial charge on any atom is -0.377 e. The zero-order valence-electron chi connectivity index (χ0n) is 12.0. The minimum atomic E-state index is 0.264. The van der Waals surface area contributed by atoms with E-state index in [9.17, 15) is 0 Å². The maximum Gasteiger partial charge on any atom is 0.138 e. The molecule has 0 aliphatic rings. The summed E-state index contributed by atoms with van der Waals surface area (Å²) in [6.07, 6.45) is 3.84. The third-order valence-corrected chi connectivity index (χ3v) is 2.68. The molecule has 1 atom stereocenters. The Morgan fingerprint density at radius 1 is 1.39 bits per heavy atom. The molecule has 5 nitrogen and oxygen atoms in total. The van der Waals surface area contributed by atoms with E-state index in [-0.39, 0.29) is 6.10 Å². The number of ether oxygens (including phenoxy) is 1. The molecule has 1 aromatic rings. The number of likely N-dealkylation sites (N-methyl/N-ethyl adjacent to an activating group) is 1. The highest BCUT2D eigenvalue weighted by Gasteiger charge is 2.13. The molecule has 0 aliphatic heterocycles. The summed E-state index contributed by atoms with van der Waals surface area (Å²) in [6.45, 7) is 11.0. The van der Waals surface area contributed by atoms with Gasteiger partial charge >= 0.3 is 0 Å². The van der Waals surface area contributed by atoms with E-state index in [1.54, 1.807) is 6.33 Å². The summed E-state index contributed by atoms with van der Waals surface area (Å²) in [5.74, 6) is 1.04. The van der Waals surface area contributed by atoms with Crippen molar-refractivity contribution in [3.8, 4) is 0 Å². The van der Waals surface area contributed by atoms with Gasteiger partial charge in [0, 0.05) is 19.0 Å². The van der Waals surface area contributed by atoms with Crippen molar-refractivity contribution in [3.63, 3.8) is 0 Å². The van der Waals surface area contributed by atoms with Crippen LogP contribution in [0, 0.1) is 0 Å². The molecule has 0 radical (unpaired) electrons. The van der Waals surface area contributed by atoms with E-state index in [0.29, 0.717) is 12.6 Å². The lowest BCUT2D eigenvalue weighted by atomic mass is 10.2. The minimum absolute atomic E-state index is 0.264. The van der Waals surface area contributed by atoms with Gasteiger partial charge in [0.1, 0.15) is 12.2 Å². The standard InChI is InChI=1S/C13H26N4O/c1-5-7-17-13(15-10-16-17)8-12(14-6-2)9-18-11(3)4/h10-12,14H,5-9H2,1-4H3. The number of hydrogen-bond acceptors (Lipinski definition) is 4. The summed E-state index contributed by atoms with van der Waals surface area (Å²) < 4.78 is 7.67. The van der Waals surface area contributed by atoms with Gasteiger partial charge in [-0.2, -0.15) is 5.10 Å². The highest BCUT2D eigenvalue weighted by molar-refractivity contribution is 4.90. The van der Waals surface area contributed by atoms with E-state index in [1.165, 1.54) is 0 Å². The summed E-state index contributed by atoms with van der Waals surface area (Å²) in [6, 6.07) is 0.303. The van der Waals surface area contributed by atoms with Crippen molar-refractivity contribution in [1.82, 2.24) is 20.1 Å². The number of hydrogen-bond donors (Lipinski definition) is 1. The molecule has 0 amide bonds. The van der Waals surface area contributed by atoms with Crippen LogP contribution in [0.4, 0.5) is 0 Å². The zero-order valence-corrected chi connectivity index (χ0v) is 12.0. The van der Waals surface area contributed by atoms with Crippen molar-refractivity contribution in [2.24, 2.45) is 0 Å². The summed E-state index contributed by atoms with van der Waals surface area (Å²) in [4.78, 5) is 4.34. The average molecular weight is 254 g/mol. The second-order valence-electron chi connectivity index (χ2n) is 4.74. The molecule has 0 fully saturated rings. The molecule has 1 unspecified atom stereocenters. The van der Waals surface area contributed by atoms with Gasteiger partial charge in [0.2, 0.25) is 0 Å². The van der Waals surface area contributed by atoms with Crippen LogP contribution in [0.2, 0.25) is 0 Å². The highest BCUT2D eigenvalue weighted by Crippen LogP contribution is 2.03. The Morgan fingerprint density at radius 2 is 2.17 bits per heavy atom. The van der Waals surface area contributed by atoms with Crippen molar-refractivity contribution < 1.29 is 4.74 Å². The fraction of sp³-hybridized carbons (Fsp3) is 0.846. The van der Waals surface area contributed by atoms with Crippen LogP contribution in [0.3, 0.4) is 0 Å². The number of aromatic nitrogens is 3. The second kappa shape index (κ2) is 8.21. The quantitative estimate of drug-likeness (QED) is 0.728. The lowest BCUT2D eigenvalue weighted by molar-refractivity contribution is 0.0610. The predicted octanol–water partition coefficient (Wildman–Crippen LogP) is 1.63. The first-order valence-electron chi connectivity index (χ1n) is 6.89. The first kappa shape index (κ1) is 15.1. The van der Waals surface area contributed by atoms with E-state index in [4.69, 9.17) is 4.74 Å². The Bertz CT molecular complexity index is 325. The summed E-state index contributed by atoms with van der Waals surface area (Å²) in [5.41, 5.74) is 0. The molecule has 0 saturated heterocycles. The Hall–Kier alpha value is -0.940. The fourth-order valence-corrected chi connectivity index (χ4v) is 1.85. The van der Waals surface area contributed by atoms with E-state index < -0.39 is 0 Å². The first-order chi connectivity index (χ1) is 8.67. The maximum atomic E-state index is 5.69. The molecular weight excluding hydrogens is 228 g/mol. The molecule has 1 N–H and O–H groups in total. The van der Waals surface area contributed by atoms with Crippen LogP contribution in [0.1, 0.15) is 39.9 Å². The molecule has 5 heteroatoms. The molecule has 18 heavy (non-hydrogen) atoms. The Balaban J connectivity index is 2.55. The van der Waals surface area contributed by atoms with Gasteiger partial charge in [0.25, 0.3) is 0 Å². The van der Waals surface area contributed by atoms with Crippen LogP contribution >= 0.6 is 0 Å². The van der Waals surface area contributed by atoms with Crippen molar-refractivity contribution in [3.05, 3.63) is 12.2 Å². The van der Waals surface area contributed by atoms with Gasteiger partial charge in [-0.05, 0) is 26.8 Å². The summed E-state index contributed by atoms with van der Waals surface area (Å²) in [5, 5.41) is 7.69. The van der Waals surface area contributed by atoms with Gasteiger partial charge in [-0.25, -0.2) is 4.98 Å². The molecule has 0 saturated carbocycles. The normalized spacial score (nSPS) is 13.2. The number of aryl methyl sites for hydroxylation is 1. The average Bonchev–Trinajstić information content (AvgIpc) is 2.74. The lowest BCUT2D eigenvalue weighted by Crippen LogP contribution is -2.37. The molecule has 1 aromatic heterocycles. The van der Waals surface area contributed by atoms with Gasteiger partial charge in [0.05, 0.1) is 12.7 Å². The van der Waals surface area contributed by atoms with Crippen LogP contribution < -0.4 is 5.32 Å². The van der Waals surface area contributed by atoms with E-state index in [1.807, 2.05) is 4.68 Å². The molecule has 1 rings (SSSR count). The third kappa shape index (κ3) is 5.14. The maximum absolute atomic E-state index is 5.69. The van der Waals surface area contributed by atoms with Crippen LogP contribution in [-0.4, -0.2) is 40.1 Å². The second-order valence-corrected chi connectivity index (χ2v) is 4.74. The lowest BCUT2D eigenvalue weighted by Gasteiger charge is -2.19. The first-order valence-corrected chi connectivity index (χ1v) is 6.89. The highest BCUT2D eigenvalue weighted by atomic mass is 16.5. The smallest absolute Gasteiger partial charge is 0.138 e. The van der Waals surface area contributed by atoms with Crippen molar-refractivity contribution >= 4 is 0 Å². The molecule has 1 heterocycles. The Morgan fingerprint density at radius 3 is 2.78 bits per heavy atom. The molecule has 0 aliphatic carbocycles. The molecule has 0 spiro atoms. The molecule has 104 valence electrons. The SMILES string of the molecule is CCCn1ncnc1CC(COC(C)C)NCC. The topological polar surface area (TPSA) is 52.0 Å². The molecule has 0 aromatic carbocycles. The number of rotatable bonds is 9. The Labute approximate surface area is 110 Å². The third-order valence-electron chi connectivity index (χ3n) is 2.68. The van der Waals surface area contributed by atoms with Crippen LogP contribution in [0.25, 0.3) is 0 Å². The van der Waals surface area contributed by atoms with Crippen molar-refractivity contribution in [2.45, 2.75) is 59.2 Å². The van der Waals surface area contributed by atoms with Crippen molar-refractivity contribution in [1.29, 1.82) is 0 Å². The number of nitrogens with one attached hydrogen (secondary N) is 1. The van der Waals surface area contributed by atoms with Gasteiger partial charge in [0.15, 0.2) is 0 Å². The predicted molar refractivity (Wildman–Crippen MR) is 72.6 cm³/mol. The van der Waals surface area contributed by atoms with Gasteiger partial charge in [-0.15, -0.1) is 0 Å². The van der Waals surface area contributed by atoms with Gasteiger partial charge in [-0.3, -0.25) is 4.68 Å². The van der Waals surface area contributed by atoms with Gasteiger partial charge in [-0.1, -0.05) is 13.8 Å². The van der Waals surface area contributed by atoms with E-state index in [2.05, 4.69) is 43.1 Å². The van der Waals surface area contributed by atoms with Crippen LogP contribution in [0.15, 0.2) is 6.33 Å². The summed E-state index contributed by atoms with van der Waals surface area (Å²) >= 11 is 0. The van der Waals surface area contributed by atoms with Crippen LogP contribution in [0.5, 0.6) is 0 Å². The van der Waals surface area contributed by atoms with Crippen LogP contribution in [-0.2, 0) is 17.7 Å². The number of nitrogens with zero attached hydrogens (tertiary/aromatic N) is 3.